The summed E-state index contributed by atoms with van der Waals surface area (Å²) in [6, 6.07) is 4.94. The molecule has 2 rings (SSSR count). The lowest BCUT2D eigenvalue weighted by Crippen LogP contribution is -2.37. The van der Waals surface area contributed by atoms with Gasteiger partial charge in [-0.1, -0.05) is 6.07 Å². The molecule has 1 aliphatic rings. The summed E-state index contributed by atoms with van der Waals surface area (Å²) < 4.78 is 26.3. The van der Waals surface area contributed by atoms with Gasteiger partial charge in [-0.15, -0.1) is 0 Å². The smallest absolute Gasteiger partial charge is 0.243 e. The first-order valence-corrected chi connectivity index (χ1v) is 8.43. The highest BCUT2D eigenvalue weighted by atomic mass is 32.2. The molecular formula is C12H17NO3S2. The number of aliphatic hydroxyl groups is 1. The van der Waals surface area contributed by atoms with Crippen LogP contribution in [0.1, 0.15) is 11.1 Å². The Kier molecular flexibility index (Phi) is 4.32. The van der Waals surface area contributed by atoms with Gasteiger partial charge in [0.1, 0.15) is 0 Å². The van der Waals surface area contributed by atoms with E-state index in [2.05, 4.69) is 0 Å². The van der Waals surface area contributed by atoms with Crippen LogP contribution >= 0.6 is 11.8 Å². The Morgan fingerprint density at radius 2 is 2.00 bits per heavy atom. The van der Waals surface area contributed by atoms with Crippen LogP contribution in [0.2, 0.25) is 0 Å². The molecule has 0 amide bonds. The van der Waals surface area contributed by atoms with Crippen LogP contribution in [0.4, 0.5) is 0 Å². The number of benzene rings is 1. The van der Waals surface area contributed by atoms with Crippen molar-refractivity contribution in [1.29, 1.82) is 0 Å². The standard InChI is InChI=1S/C12H17NO3S2/c1-10-2-3-12(8-11(10)9-14)18(15,16)13-4-6-17-7-5-13/h2-3,8,14H,4-7,9H2,1H3. The molecule has 1 saturated heterocycles. The lowest BCUT2D eigenvalue weighted by Gasteiger charge is -2.25. The van der Waals surface area contributed by atoms with Gasteiger partial charge in [0.25, 0.3) is 0 Å². The van der Waals surface area contributed by atoms with Gasteiger partial charge in [-0.3, -0.25) is 0 Å². The van der Waals surface area contributed by atoms with Crippen molar-refractivity contribution >= 4 is 21.8 Å². The summed E-state index contributed by atoms with van der Waals surface area (Å²) in [5.41, 5.74) is 1.58. The average Bonchev–Trinajstić information content (AvgIpc) is 2.40. The van der Waals surface area contributed by atoms with Crippen LogP contribution in [-0.4, -0.2) is 42.4 Å². The molecule has 100 valence electrons. The van der Waals surface area contributed by atoms with E-state index < -0.39 is 10.0 Å². The zero-order chi connectivity index (χ0) is 13.2. The monoisotopic (exact) mass is 287 g/mol. The number of hydrogen-bond acceptors (Lipinski definition) is 4. The molecule has 0 aromatic heterocycles. The maximum Gasteiger partial charge on any atom is 0.243 e. The Hall–Kier alpha value is -0.560. The molecule has 0 saturated carbocycles. The first-order valence-electron chi connectivity index (χ1n) is 5.84. The van der Waals surface area contributed by atoms with Crippen molar-refractivity contribution in [3.63, 3.8) is 0 Å². The van der Waals surface area contributed by atoms with Gasteiger partial charge in [-0.2, -0.15) is 16.1 Å². The number of sulfonamides is 1. The van der Waals surface area contributed by atoms with Gasteiger partial charge >= 0.3 is 0 Å². The van der Waals surface area contributed by atoms with Crippen molar-refractivity contribution in [2.75, 3.05) is 24.6 Å². The summed E-state index contributed by atoms with van der Waals surface area (Å²) in [4.78, 5) is 0.282. The summed E-state index contributed by atoms with van der Waals surface area (Å²) in [7, 11) is -3.40. The zero-order valence-electron chi connectivity index (χ0n) is 10.3. The van der Waals surface area contributed by atoms with Gasteiger partial charge in [0, 0.05) is 24.6 Å². The zero-order valence-corrected chi connectivity index (χ0v) is 11.9. The van der Waals surface area contributed by atoms with Crippen LogP contribution in [0.25, 0.3) is 0 Å². The molecule has 6 heteroatoms. The van der Waals surface area contributed by atoms with Crippen LogP contribution in [0.5, 0.6) is 0 Å². The van der Waals surface area contributed by atoms with Crippen LogP contribution in [0.15, 0.2) is 23.1 Å². The van der Waals surface area contributed by atoms with Gasteiger partial charge in [-0.25, -0.2) is 8.42 Å². The fourth-order valence-corrected chi connectivity index (χ4v) is 4.54. The predicted octanol–water partition coefficient (Wildman–Crippen LogP) is 1.22. The van der Waals surface area contributed by atoms with E-state index >= 15 is 0 Å². The van der Waals surface area contributed by atoms with E-state index in [0.29, 0.717) is 18.7 Å². The van der Waals surface area contributed by atoms with Crippen molar-refractivity contribution in [2.45, 2.75) is 18.4 Å². The van der Waals surface area contributed by atoms with Crippen molar-refractivity contribution < 1.29 is 13.5 Å². The summed E-state index contributed by atoms with van der Waals surface area (Å²) in [5, 5.41) is 9.21. The van der Waals surface area contributed by atoms with E-state index in [4.69, 9.17) is 0 Å². The highest BCUT2D eigenvalue weighted by molar-refractivity contribution is 7.99. The molecule has 1 heterocycles. The molecule has 1 aromatic carbocycles. The van der Waals surface area contributed by atoms with E-state index in [-0.39, 0.29) is 11.5 Å². The number of thioether (sulfide) groups is 1. The Morgan fingerprint density at radius 1 is 1.33 bits per heavy atom. The van der Waals surface area contributed by atoms with E-state index in [1.807, 2.05) is 6.92 Å². The molecule has 18 heavy (non-hydrogen) atoms. The molecular weight excluding hydrogens is 270 g/mol. The van der Waals surface area contributed by atoms with Crippen LogP contribution in [-0.2, 0) is 16.6 Å². The third-order valence-electron chi connectivity index (χ3n) is 3.10. The second-order valence-electron chi connectivity index (χ2n) is 4.26. The van der Waals surface area contributed by atoms with Gasteiger partial charge in [0.2, 0.25) is 10.0 Å². The SMILES string of the molecule is Cc1ccc(S(=O)(=O)N2CCSCC2)cc1CO. The average molecular weight is 287 g/mol. The van der Waals surface area contributed by atoms with Crippen molar-refractivity contribution in [1.82, 2.24) is 4.31 Å². The maximum atomic E-state index is 12.4. The van der Waals surface area contributed by atoms with Gasteiger partial charge in [-0.05, 0) is 30.2 Å². The molecule has 0 spiro atoms. The summed E-state index contributed by atoms with van der Waals surface area (Å²) in [6.07, 6.45) is 0. The maximum absolute atomic E-state index is 12.4. The van der Waals surface area contributed by atoms with Crippen molar-refractivity contribution in [2.24, 2.45) is 0 Å². The van der Waals surface area contributed by atoms with Crippen LogP contribution < -0.4 is 0 Å². The topological polar surface area (TPSA) is 57.6 Å². The fourth-order valence-electron chi connectivity index (χ4n) is 1.91. The molecule has 0 radical (unpaired) electrons. The molecule has 0 atom stereocenters. The molecule has 1 fully saturated rings. The molecule has 0 bridgehead atoms. The third-order valence-corrected chi connectivity index (χ3v) is 5.94. The van der Waals surface area contributed by atoms with Crippen molar-refractivity contribution in [3.05, 3.63) is 29.3 Å². The molecule has 1 aromatic rings. The number of rotatable bonds is 3. The van der Waals surface area contributed by atoms with E-state index in [0.717, 1.165) is 17.1 Å². The molecule has 1 aliphatic heterocycles. The van der Waals surface area contributed by atoms with Crippen LogP contribution in [0.3, 0.4) is 0 Å². The van der Waals surface area contributed by atoms with Crippen molar-refractivity contribution in [3.8, 4) is 0 Å². The largest absolute Gasteiger partial charge is 0.392 e. The minimum atomic E-state index is -3.40. The quantitative estimate of drug-likeness (QED) is 0.908. The van der Waals surface area contributed by atoms with Crippen LogP contribution in [0, 0.1) is 6.92 Å². The summed E-state index contributed by atoms with van der Waals surface area (Å²) >= 11 is 1.77. The van der Waals surface area contributed by atoms with E-state index in [1.54, 1.807) is 30.0 Å². The van der Waals surface area contributed by atoms with E-state index in [9.17, 15) is 13.5 Å². The Bertz CT molecular complexity index is 522. The summed E-state index contributed by atoms with van der Waals surface area (Å²) in [5.74, 6) is 1.69. The Morgan fingerprint density at radius 3 is 2.61 bits per heavy atom. The van der Waals surface area contributed by atoms with Gasteiger partial charge < -0.3 is 5.11 Å². The number of aliphatic hydroxyl groups excluding tert-OH is 1. The summed E-state index contributed by atoms with van der Waals surface area (Å²) in [6.45, 7) is 2.86. The predicted molar refractivity (Wildman–Crippen MR) is 73.2 cm³/mol. The molecule has 1 N–H and O–H groups in total. The Labute approximate surface area is 112 Å². The van der Waals surface area contributed by atoms with E-state index in [1.165, 1.54) is 4.31 Å². The fraction of sp³-hybridized carbons (Fsp3) is 0.500. The lowest BCUT2D eigenvalue weighted by atomic mass is 10.1. The number of hydrogen-bond donors (Lipinski definition) is 1. The lowest BCUT2D eigenvalue weighted by molar-refractivity contribution is 0.280. The number of aryl methyl sites for hydroxylation is 1. The first kappa shape index (κ1) is 13.9. The minimum Gasteiger partial charge on any atom is -0.392 e. The minimum absolute atomic E-state index is 0.134. The second-order valence-corrected chi connectivity index (χ2v) is 7.43. The highest BCUT2D eigenvalue weighted by Crippen LogP contribution is 2.22. The Balaban J connectivity index is 2.34. The number of nitrogens with zero attached hydrogens (tertiary/aromatic N) is 1. The third kappa shape index (κ3) is 2.71. The molecule has 0 unspecified atom stereocenters. The second kappa shape index (κ2) is 5.61. The van der Waals surface area contributed by atoms with Gasteiger partial charge in [0.15, 0.2) is 0 Å². The first-order chi connectivity index (χ1) is 8.55. The molecule has 0 aliphatic carbocycles. The molecule has 4 nitrogen and oxygen atoms in total. The van der Waals surface area contributed by atoms with Gasteiger partial charge in [0.05, 0.1) is 11.5 Å². The normalized spacial score (nSPS) is 17.9. The highest BCUT2D eigenvalue weighted by Gasteiger charge is 2.26.